The summed E-state index contributed by atoms with van der Waals surface area (Å²) in [6, 6.07) is 14.9. The van der Waals surface area contributed by atoms with Gasteiger partial charge in [0.05, 0.1) is 25.3 Å². The average molecular weight is 460 g/mol. The molecule has 0 spiro atoms. The topological polar surface area (TPSA) is 110 Å². The summed E-state index contributed by atoms with van der Waals surface area (Å²) >= 11 is 0. The number of hydrogen-bond acceptors (Lipinski definition) is 6. The first kappa shape index (κ1) is 23.4. The number of nitrogens with zero attached hydrogens (tertiary/aromatic N) is 3. The molecule has 8 heteroatoms. The van der Waals surface area contributed by atoms with Crippen LogP contribution < -0.4 is 20.1 Å². The van der Waals surface area contributed by atoms with Crippen molar-refractivity contribution in [1.29, 1.82) is 10.5 Å². The highest BCUT2D eigenvalue weighted by Gasteiger charge is 2.50. The van der Waals surface area contributed by atoms with E-state index >= 15 is 0 Å². The Balaban J connectivity index is 1.47. The minimum absolute atomic E-state index is 0.0117. The molecule has 2 aliphatic rings. The lowest BCUT2D eigenvalue weighted by molar-refractivity contribution is 0.156. The van der Waals surface area contributed by atoms with Crippen LogP contribution in [0.1, 0.15) is 42.4 Å². The van der Waals surface area contributed by atoms with Crippen LogP contribution in [0.4, 0.5) is 10.5 Å². The van der Waals surface area contributed by atoms with Crippen LogP contribution in [-0.2, 0) is 5.41 Å². The monoisotopic (exact) mass is 459 g/mol. The van der Waals surface area contributed by atoms with E-state index in [1.54, 1.807) is 26.4 Å². The molecule has 8 nitrogen and oxygen atoms in total. The van der Waals surface area contributed by atoms with Crippen molar-refractivity contribution >= 4 is 11.7 Å². The molecule has 2 fully saturated rings. The highest BCUT2D eigenvalue weighted by Crippen LogP contribution is 2.49. The molecule has 176 valence electrons. The number of ether oxygens (including phenoxy) is 2. The van der Waals surface area contributed by atoms with Gasteiger partial charge < -0.3 is 25.0 Å². The Labute approximate surface area is 200 Å². The van der Waals surface area contributed by atoms with Gasteiger partial charge in [-0.1, -0.05) is 6.07 Å². The average Bonchev–Trinajstić information content (AvgIpc) is 3.20. The summed E-state index contributed by atoms with van der Waals surface area (Å²) in [7, 11) is 5.45. The molecule has 1 aliphatic carbocycles. The van der Waals surface area contributed by atoms with Gasteiger partial charge in [0.2, 0.25) is 0 Å². The van der Waals surface area contributed by atoms with Gasteiger partial charge in [0.1, 0.15) is 12.1 Å². The number of benzene rings is 2. The lowest BCUT2D eigenvalue weighted by atomic mass is 9.65. The van der Waals surface area contributed by atoms with Crippen molar-refractivity contribution in [2.45, 2.75) is 43.2 Å². The van der Waals surface area contributed by atoms with E-state index in [1.165, 1.54) is 11.6 Å². The molecule has 3 atom stereocenters. The third kappa shape index (κ3) is 4.25. The zero-order valence-corrected chi connectivity index (χ0v) is 19.7. The molecule has 1 saturated carbocycles. The molecule has 34 heavy (non-hydrogen) atoms. The summed E-state index contributed by atoms with van der Waals surface area (Å²) in [5.41, 5.74) is 2.28. The van der Waals surface area contributed by atoms with Crippen LogP contribution in [0.5, 0.6) is 11.5 Å². The maximum absolute atomic E-state index is 12.7. The van der Waals surface area contributed by atoms with Gasteiger partial charge >= 0.3 is 6.03 Å². The number of anilines is 1. The van der Waals surface area contributed by atoms with Crippen LogP contribution in [0.15, 0.2) is 36.4 Å². The van der Waals surface area contributed by atoms with Crippen molar-refractivity contribution in [3.05, 3.63) is 53.1 Å². The van der Waals surface area contributed by atoms with Crippen molar-refractivity contribution in [3.63, 3.8) is 0 Å². The molecule has 2 amide bonds. The number of urea groups is 1. The van der Waals surface area contributed by atoms with Crippen molar-refractivity contribution in [2.75, 3.05) is 33.1 Å². The minimum atomic E-state index is -0.308. The number of hydrogen-bond donors (Lipinski definition) is 2. The molecule has 4 rings (SSSR count). The molecule has 2 aromatic rings. The minimum Gasteiger partial charge on any atom is -0.493 e. The van der Waals surface area contributed by atoms with E-state index in [0.29, 0.717) is 11.7 Å². The van der Waals surface area contributed by atoms with Crippen LogP contribution in [0.3, 0.4) is 0 Å². The molecule has 3 unspecified atom stereocenters. The Morgan fingerprint density at radius 3 is 2.53 bits per heavy atom. The quantitative estimate of drug-likeness (QED) is 0.704. The molecule has 0 radical (unpaired) electrons. The first-order chi connectivity index (χ1) is 16.4. The second-order valence-electron chi connectivity index (χ2n) is 9.03. The SMILES string of the molecule is COc1ccc(C23CCC(NC(=O)Nc4ccc(C#N)c(C#N)c4)CC2N(C)CC3)cc1OC. The molecule has 2 N–H and O–H groups in total. The highest BCUT2D eigenvalue weighted by atomic mass is 16.5. The maximum Gasteiger partial charge on any atom is 0.319 e. The van der Waals surface area contributed by atoms with E-state index in [-0.39, 0.29) is 28.6 Å². The summed E-state index contributed by atoms with van der Waals surface area (Å²) in [4.78, 5) is 15.1. The Kier molecular flexibility index (Phi) is 6.63. The number of fused-ring (bicyclic) bond motifs is 1. The number of amides is 2. The van der Waals surface area contributed by atoms with E-state index in [0.717, 1.165) is 43.7 Å². The summed E-state index contributed by atoms with van der Waals surface area (Å²) in [6.45, 7) is 1.00. The number of carbonyl (C=O) groups is 1. The van der Waals surface area contributed by atoms with Gasteiger partial charge in [-0.25, -0.2) is 4.79 Å². The number of methoxy groups -OCH3 is 2. The van der Waals surface area contributed by atoms with Gasteiger partial charge in [-0.2, -0.15) is 10.5 Å². The summed E-state index contributed by atoms with van der Waals surface area (Å²) in [5, 5.41) is 24.2. The first-order valence-corrected chi connectivity index (χ1v) is 11.4. The Morgan fingerprint density at radius 1 is 1.06 bits per heavy atom. The number of rotatable bonds is 5. The van der Waals surface area contributed by atoms with E-state index in [2.05, 4.69) is 34.7 Å². The van der Waals surface area contributed by atoms with E-state index in [1.807, 2.05) is 18.2 Å². The van der Waals surface area contributed by atoms with Gasteiger partial charge in [-0.05, 0) is 75.2 Å². The van der Waals surface area contributed by atoms with Crippen molar-refractivity contribution in [3.8, 4) is 23.6 Å². The standard InChI is InChI=1S/C26H29N5O3/c1-31-11-10-26(19-5-7-22(33-2)23(13-19)34-3)9-8-21(14-24(26)31)30-25(32)29-20-6-4-17(15-27)18(12-20)16-28/h4-7,12-13,21,24H,8-11,14H2,1-3H3,(H2,29,30,32). The van der Waals surface area contributed by atoms with Crippen molar-refractivity contribution in [2.24, 2.45) is 0 Å². The van der Waals surface area contributed by atoms with Gasteiger partial charge in [0.15, 0.2) is 11.5 Å². The Morgan fingerprint density at radius 2 is 1.82 bits per heavy atom. The number of nitriles is 2. The maximum atomic E-state index is 12.7. The lowest BCUT2D eigenvalue weighted by Crippen LogP contribution is -2.52. The van der Waals surface area contributed by atoms with Crippen LogP contribution >= 0.6 is 0 Å². The zero-order chi connectivity index (χ0) is 24.3. The third-order valence-corrected chi connectivity index (χ3v) is 7.34. The number of carbonyl (C=O) groups excluding carboxylic acids is 1. The number of nitrogens with one attached hydrogen (secondary N) is 2. The fraction of sp³-hybridized carbons (Fsp3) is 0.423. The molecular formula is C26H29N5O3. The van der Waals surface area contributed by atoms with Gasteiger partial charge in [0, 0.05) is 23.2 Å². The highest BCUT2D eigenvalue weighted by molar-refractivity contribution is 5.89. The molecule has 1 aliphatic heterocycles. The Bertz CT molecular complexity index is 1170. The van der Waals surface area contributed by atoms with Crippen molar-refractivity contribution in [1.82, 2.24) is 10.2 Å². The Hall–Kier alpha value is -3.75. The fourth-order valence-corrected chi connectivity index (χ4v) is 5.56. The largest absolute Gasteiger partial charge is 0.493 e. The predicted octanol–water partition coefficient (Wildman–Crippen LogP) is 3.76. The number of likely N-dealkylation sites (N-methyl/N-ethyl adjacent to an activating group) is 1. The second-order valence-corrected chi connectivity index (χ2v) is 9.03. The zero-order valence-electron chi connectivity index (χ0n) is 19.7. The van der Waals surface area contributed by atoms with Crippen LogP contribution in [0.2, 0.25) is 0 Å². The molecule has 0 bridgehead atoms. The van der Waals surface area contributed by atoms with E-state index in [4.69, 9.17) is 14.7 Å². The van der Waals surface area contributed by atoms with Crippen molar-refractivity contribution < 1.29 is 14.3 Å². The lowest BCUT2D eigenvalue weighted by Gasteiger charge is -2.45. The summed E-state index contributed by atoms with van der Waals surface area (Å²) in [6.07, 6.45) is 3.72. The number of likely N-dealkylation sites (tertiary alicyclic amines) is 1. The molecule has 2 aromatic carbocycles. The van der Waals surface area contributed by atoms with Crippen LogP contribution in [0.25, 0.3) is 0 Å². The van der Waals surface area contributed by atoms with E-state index < -0.39 is 0 Å². The summed E-state index contributed by atoms with van der Waals surface area (Å²) in [5.74, 6) is 1.46. The normalized spacial score (nSPS) is 23.8. The smallest absolute Gasteiger partial charge is 0.319 e. The van der Waals surface area contributed by atoms with Gasteiger partial charge in [0.25, 0.3) is 0 Å². The van der Waals surface area contributed by atoms with Gasteiger partial charge in [-0.15, -0.1) is 0 Å². The van der Waals surface area contributed by atoms with Crippen LogP contribution in [0, 0.1) is 22.7 Å². The predicted molar refractivity (Wildman–Crippen MR) is 128 cm³/mol. The fourth-order valence-electron chi connectivity index (χ4n) is 5.56. The third-order valence-electron chi connectivity index (χ3n) is 7.34. The molecule has 1 saturated heterocycles. The molecular weight excluding hydrogens is 430 g/mol. The van der Waals surface area contributed by atoms with E-state index in [9.17, 15) is 10.1 Å². The van der Waals surface area contributed by atoms with Crippen LogP contribution in [-0.4, -0.2) is 50.8 Å². The first-order valence-electron chi connectivity index (χ1n) is 11.4. The molecule has 1 heterocycles. The summed E-state index contributed by atoms with van der Waals surface area (Å²) < 4.78 is 11.0. The second kappa shape index (κ2) is 9.62. The molecule has 0 aromatic heterocycles. The van der Waals surface area contributed by atoms with Gasteiger partial charge in [-0.3, -0.25) is 0 Å².